The lowest BCUT2D eigenvalue weighted by Gasteiger charge is -2.30. The molecule has 0 unspecified atom stereocenters. The van der Waals surface area contributed by atoms with Gasteiger partial charge in [-0.25, -0.2) is 9.99 Å². The highest BCUT2D eigenvalue weighted by molar-refractivity contribution is 7.98. The summed E-state index contributed by atoms with van der Waals surface area (Å²) in [6, 6.07) is 21.7. The average Bonchev–Trinajstić information content (AvgIpc) is 3.00. The van der Waals surface area contributed by atoms with E-state index >= 15 is 0 Å². The SMILES string of the molecule is CSc1ccc2c(c1)C(=Cc1ccccc1)N(N(C)c1ccccn1)C2=O. The first-order valence-electron chi connectivity index (χ1n) is 8.63. The zero-order valence-corrected chi connectivity index (χ0v) is 16.0. The van der Waals surface area contributed by atoms with E-state index in [9.17, 15) is 4.79 Å². The monoisotopic (exact) mass is 373 g/mol. The van der Waals surface area contributed by atoms with Gasteiger partial charge in [0.25, 0.3) is 5.91 Å². The number of hydrogen-bond donors (Lipinski definition) is 0. The standard InChI is InChI=1S/C22H19N3OS/c1-24(21-10-6-7-13-23-21)25-20(14-16-8-4-3-5-9-16)19-15-17(27-2)11-12-18(19)22(25)26/h3-15H,1-2H3. The Kier molecular flexibility index (Phi) is 4.69. The summed E-state index contributed by atoms with van der Waals surface area (Å²) in [5, 5.41) is 3.50. The number of hydrazine groups is 1. The molecule has 0 fully saturated rings. The number of pyridine rings is 1. The molecular weight excluding hydrogens is 354 g/mol. The Balaban J connectivity index is 1.87. The summed E-state index contributed by atoms with van der Waals surface area (Å²) in [6.45, 7) is 0. The van der Waals surface area contributed by atoms with Crippen molar-refractivity contribution in [3.8, 4) is 0 Å². The molecule has 1 aliphatic heterocycles. The molecule has 0 atom stereocenters. The highest BCUT2D eigenvalue weighted by Crippen LogP contribution is 2.38. The van der Waals surface area contributed by atoms with Crippen LogP contribution in [0.4, 0.5) is 5.82 Å². The van der Waals surface area contributed by atoms with Crippen molar-refractivity contribution < 1.29 is 4.79 Å². The Labute approximate surface area is 163 Å². The van der Waals surface area contributed by atoms with Crippen molar-refractivity contribution in [3.63, 3.8) is 0 Å². The van der Waals surface area contributed by atoms with E-state index in [2.05, 4.69) is 11.1 Å². The summed E-state index contributed by atoms with van der Waals surface area (Å²) in [5.74, 6) is 0.663. The van der Waals surface area contributed by atoms with Crippen LogP contribution >= 0.6 is 11.8 Å². The Morgan fingerprint density at radius 3 is 2.48 bits per heavy atom. The molecule has 0 spiro atoms. The molecule has 1 amide bonds. The summed E-state index contributed by atoms with van der Waals surface area (Å²) in [4.78, 5) is 18.7. The minimum atomic E-state index is -0.0482. The Bertz CT molecular complexity index is 1000. The van der Waals surface area contributed by atoms with Crippen molar-refractivity contribution in [2.24, 2.45) is 0 Å². The van der Waals surface area contributed by atoms with Crippen molar-refractivity contribution in [2.45, 2.75) is 4.90 Å². The van der Waals surface area contributed by atoms with Gasteiger partial charge in [-0.15, -0.1) is 11.8 Å². The van der Waals surface area contributed by atoms with Crippen LogP contribution in [0.25, 0.3) is 11.8 Å². The van der Waals surface area contributed by atoms with E-state index in [1.54, 1.807) is 28.0 Å². The van der Waals surface area contributed by atoms with Crippen LogP contribution in [0.5, 0.6) is 0 Å². The topological polar surface area (TPSA) is 36.4 Å². The number of aromatic nitrogens is 1. The third-order valence-corrected chi connectivity index (χ3v) is 5.26. The van der Waals surface area contributed by atoms with Crippen LogP contribution in [-0.4, -0.2) is 29.2 Å². The second-order valence-corrected chi connectivity index (χ2v) is 7.06. The normalized spacial score (nSPS) is 14.5. The molecule has 0 bridgehead atoms. The van der Waals surface area contributed by atoms with E-state index in [1.165, 1.54) is 0 Å². The molecule has 2 aromatic carbocycles. The third kappa shape index (κ3) is 3.22. The maximum atomic E-state index is 13.2. The maximum absolute atomic E-state index is 13.2. The third-order valence-electron chi connectivity index (χ3n) is 4.54. The summed E-state index contributed by atoms with van der Waals surface area (Å²) >= 11 is 1.67. The van der Waals surface area contributed by atoms with Crippen LogP contribution in [0, 0.1) is 0 Å². The van der Waals surface area contributed by atoms with Gasteiger partial charge in [0.1, 0.15) is 5.82 Å². The predicted octanol–water partition coefficient (Wildman–Crippen LogP) is 4.81. The first-order chi connectivity index (χ1) is 13.2. The lowest BCUT2D eigenvalue weighted by Crippen LogP contribution is -2.39. The van der Waals surface area contributed by atoms with Gasteiger partial charge in [-0.2, -0.15) is 0 Å². The second kappa shape index (κ2) is 7.29. The van der Waals surface area contributed by atoms with Crippen molar-refractivity contribution in [1.82, 2.24) is 9.99 Å². The first-order valence-corrected chi connectivity index (χ1v) is 9.86. The van der Waals surface area contributed by atoms with Gasteiger partial charge in [-0.05, 0) is 48.2 Å². The van der Waals surface area contributed by atoms with Crippen molar-refractivity contribution in [2.75, 3.05) is 18.3 Å². The number of benzene rings is 2. The van der Waals surface area contributed by atoms with Crippen molar-refractivity contribution in [1.29, 1.82) is 0 Å². The molecule has 0 saturated carbocycles. The van der Waals surface area contributed by atoms with Gasteiger partial charge in [-0.1, -0.05) is 36.4 Å². The fourth-order valence-corrected chi connectivity index (χ4v) is 3.62. The van der Waals surface area contributed by atoms with E-state index in [4.69, 9.17) is 0 Å². The van der Waals surface area contributed by atoms with Gasteiger partial charge in [0.2, 0.25) is 0 Å². The molecule has 4 rings (SSSR count). The number of thioether (sulfide) groups is 1. The fraction of sp³-hybridized carbons (Fsp3) is 0.0909. The molecule has 1 aliphatic rings. The van der Waals surface area contributed by atoms with Gasteiger partial charge in [0, 0.05) is 23.7 Å². The number of nitrogens with zero attached hydrogens (tertiary/aromatic N) is 3. The summed E-state index contributed by atoms with van der Waals surface area (Å²) in [5.41, 5.74) is 3.55. The zero-order valence-electron chi connectivity index (χ0n) is 15.2. The van der Waals surface area contributed by atoms with Crippen LogP contribution < -0.4 is 5.01 Å². The van der Waals surface area contributed by atoms with Crippen LogP contribution in [0.2, 0.25) is 0 Å². The molecule has 1 aromatic heterocycles. The minimum absolute atomic E-state index is 0.0482. The average molecular weight is 373 g/mol. The van der Waals surface area contributed by atoms with E-state index < -0.39 is 0 Å². The number of carbonyl (C=O) groups excluding carboxylic acids is 1. The van der Waals surface area contributed by atoms with E-state index in [-0.39, 0.29) is 5.91 Å². The van der Waals surface area contributed by atoms with E-state index in [0.29, 0.717) is 11.4 Å². The Morgan fingerprint density at radius 1 is 1.00 bits per heavy atom. The summed E-state index contributed by atoms with van der Waals surface area (Å²) in [7, 11) is 1.86. The van der Waals surface area contributed by atoms with Crippen LogP contribution in [-0.2, 0) is 0 Å². The second-order valence-electron chi connectivity index (χ2n) is 6.18. The van der Waals surface area contributed by atoms with Crippen LogP contribution in [0.1, 0.15) is 21.5 Å². The molecule has 0 radical (unpaired) electrons. The number of amides is 1. The molecule has 0 saturated heterocycles. The fourth-order valence-electron chi connectivity index (χ4n) is 3.18. The first kappa shape index (κ1) is 17.4. The molecule has 0 aliphatic carbocycles. The predicted molar refractivity (Wildman–Crippen MR) is 111 cm³/mol. The van der Waals surface area contributed by atoms with Crippen LogP contribution in [0.3, 0.4) is 0 Å². The Morgan fingerprint density at radius 2 is 1.78 bits per heavy atom. The smallest absolute Gasteiger partial charge is 0.267 e. The Hall–Kier alpha value is -3.05. The maximum Gasteiger partial charge on any atom is 0.277 e. The van der Waals surface area contributed by atoms with Gasteiger partial charge in [0.15, 0.2) is 0 Å². The number of hydrogen-bond acceptors (Lipinski definition) is 4. The van der Waals surface area contributed by atoms with Crippen LogP contribution in [0.15, 0.2) is 77.8 Å². The summed E-state index contributed by atoms with van der Waals surface area (Å²) in [6.07, 6.45) is 5.82. The molecule has 5 heteroatoms. The minimum Gasteiger partial charge on any atom is -0.267 e. The molecule has 27 heavy (non-hydrogen) atoms. The lowest BCUT2D eigenvalue weighted by atomic mass is 10.1. The number of carbonyl (C=O) groups is 1. The van der Waals surface area contributed by atoms with Gasteiger partial charge < -0.3 is 0 Å². The molecule has 4 nitrogen and oxygen atoms in total. The van der Waals surface area contributed by atoms with Gasteiger partial charge in [0.05, 0.1) is 11.3 Å². The number of fused-ring (bicyclic) bond motifs is 1. The largest absolute Gasteiger partial charge is 0.277 e. The molecule has 2 heterocycles. The van der Waals surface area contributed by atoms with Gasteiger partial charge >= 0.3 is 0 Å². The molecule has 0 N–H and O–H groups in total. The highest BCUT2D eigenvalue weighted by Gasteiger charge is 2.35. The zero-order chi connectivity index (χ0) is 18.8. The highest BCUT2D eigenvalue weighted by atomic mass is 32.2. The quantitative estimate of drug-likeness (QED) is 0.615. The van der Waals surface area contributed by atoms with Crippen molar-refractivity contribution >= 4 is 35.3 Å². The van der Waals surface area contributed by atoms with E-state index in [1.807, 2.05) is 80.0 Å². The molecule has 3 aromatic rings. The van der Waals surface area contributed by atoms with Crippen molar-refractivity contribution in [3.05, 3.63) is 89.6 Å². The number of anilines is 1. The van der Waals surface area contributed by atoms with Gasteiger partial charge in [-0.3, -0.25) is 9.80 Å². The number of rotatable bonds is 4. The molecule has 134 valence electrons. The summed E-state index contributed by atoms with van der Waals surface area (Å²) < 4.78 is 0. The van der Waals surface area contributed by atoms with E-state index in [0.717, 1.165) is 21.7 Å². The molecular formula is C22H19N3OS. The lowest BCUT2D eigenvalue weighted by molar-refractivity contribution is 0.0844.